The van der Waals surface area contributed by atoms with Gasteiger partial charge in [0.05, 0.1) is 0 Å². The fourth-order valence-corrected chi connectivity index (χ4v) is 3.18. The summed E-state index contributed by atoms with van der Waals surface area (Å²) in [6.07, 6.45) is 9.10. The molecule has 98 valence electrons. The van der Waals surface area contributed by atoms with Crippen LogP contribution in [-0.4, -0.2) is 11.3 Å². The summed E-state index contributed by atoms with van der Waals surface area (Å²) in [4.78, 5) is 1.47. The number of rotatable bonds is 4. The number of hydrogen-bond donors (Lipinski definition) is 1. The van der Waals surface area contributed by atoms with E-state index in [1.807, 2.05) is 11.8 Å². The molecule has 1 heterocycles. The highest BCUT2D eigenvalue weighted by Crippen LogP contribution is 2.30. The zero-order valence-electron chi connectivity index (χ0n) is 11.4. The molecule has 0 amide bonds. The molecule has 1 nitrogen and oxygen atoms in total. The van der Waals surface area contributed by atoms with Crippen molar-refractivity contribution in [3.8, 4) is 0 Å². The number of fused-ring (bicyclic) bond motifs is 1. The highest BCUT2D eigenvalue weighted by molar-refractivity contribution is 7.99. The Labute approximate surface area is 115 Å². The molecule has 2 rings (SSSR count). The van der Waals surface area contributed by atoms with Gasteiger partial charge in [-0.3, -0.25) is 0 Å². The summed E-state index contributed by atoms with van der Waals surface area (Å²) in [7, 11) is 0. The molecular formula is C16H23NS. The Morgan fingerprint density at radius 3 is 3.00 bits per heavy atom. The van der Waals surface area contributed by atoms with E-state index in [9.17, 15) is 0 Å². The second-order valence-corrected chi connectivity index (χ2v) is 6.89. The van der Waals surface area contributed by atoms with Crippen LogP contribution in [-0.2, 0) is 6.42 Å². The van der Waals surface area contributed by atoms with Crippen molar-refractivity contribution < 1.29 is 0 Å². The van der Waals surface area contributed by atoms with Gasteiger partial charge in [0.1, 0.15) is 0 Å². The maximum Gasteiger partial charge on any atom is 0.0104 e. The van der Waals surface area contributed by atoms with Crippen LogP contribution >= 0.6 is 11.8 Å². The van der Waals surface area contributed by atoms with Crippen molar-refractivity contribution in [2.45, 2.75) is 50.0 Å². The third-order valence-corrected chi connectivity index (χ3v) is 4.40. The first-order valence-corrected chi connectivity index (χ1v) is 7.74. The molecule has 1 aliphatic rings. The van der Waals surface area contributed by atoms with Crippen LogP contribution in [0.25, 0.3) is 6.08 Å². The maximum absolute atomic E-state index is 5.97. The Bertz CT molecular complexity index is 429. The predicted molar refractivity (Wildman–Crippen MR) is 82.0 cm³/mol. The molecule has 0 saturated heterocycles. The quantitative estimate of drug-likeness (QED) is 0.876. The van der Waals surface area contributed by atoms with Gasteiger partial charge in [-0.05, 0) is 62.5 Å². The normalized spacial score (nSPS) is 15.9. The molecule has 2 heteroatoms. The molecule has 2 N–H and O–H groups in total. The summed E-state index contributed by atoms with van der Waals surface area (Å²) in [5.41, 5.74) is 8.76. The monoisotopic (exact) mass is 261 g/mol. The van der Waals surface area contributed by atoms with Gasteiger partial charge >= 0.3 is 0 Å². The van der Waals surface area contributed by atoms with Gasteiger partial charge in [0, 0.05) is 10.4 Å². The lowest BCUT2D eigenvalue weighted by Gasteiger charge is -2.16. The van der Waals surface area contributed by atoms with Crippen molar-refractivity contribution in [2.75, 3.05) is 5.75 Å². The van der Waals surface area contributed by atoms with E-state index >= 15 is 0 Å². The van der Waals surface area contributed by atoms with Crippen LogP contribution in [0.4, 0.5) is 0 Å². The Balaban J connectivity index is 1.95. The molecule has 0 saturated carbocycles. The molecule has 1 aliphatic heterocycles. The van der Waals surface area contributed by atoms with E-state index in [4.69, 9.17) is 5.73 Å². The van der Waals surface area contributed by atoms with Gasteiger partial charge in [-0.15, -0.1) is 11.8 Å². The zero-order chi connectivity index (χ0) is 13.0. The number of benzene rings is 1. The van der Waals surface area contributed by atoms with E-state index in [0.29, 0.717) is 0 Å². The van der Waals surface area contributed by atoms with E-state index in [1.54, 1.807) is 0 Å². The minimum Gasteiger partial charge on any atom is -0.326 e. The van der Waals surface area contributed by atoms with Gasteiger partial charge in [0.15, 0.2) is 0 Å². The lowest BCUT2D eigenvalue weighted by Crippen LogP contribution is -2.31. The third-order valence-electron chi connectivity index (χ3n) is 3.20. The fourth-order valence-electron chi connectivity index (χ4n) is 2.16. The average molecular weight is 261 g/mol. The number of aryl methyl sites for hydroxylation is 1. The molecule has 0 unspecified atom stereocenters. The summed E-state index contributed by atoms with van der Waals surface area (Å²) in [6, 6.07) is 6.83. The number of nitrogens with two attached hydrogens (primary N) is 1. The maximum atomic E-state index is 5.97. The van der Waals surface area contributed by atoms with Gasteiger partial charge < -0.3 is 5.73 Å². The molecule has 0 fully saturated rings. The standard InChI is InChI=1S/C16H23NS/c1-16(2,17)10-4-3-6-13-8-9-15-14(12-13)7-5-11-18-15/h3,6,8-9,12H,4-5,7,10-11,17H2,1-2H3/b6-3+. The Kier molecular flexibility index (Phi) is 4.52. The van der Waals surface area contributed by atoms with Crippen molar-refractivity contribution in [3.63, 3.8) is 0 Å². The van der Waals surface area contributed by atoms with E-state index in [1.165, 1.54) is 34.6 Å². The second kappa shape index (κ2) is 5.94. The lowest BCUT2D eigenvalue weighted by atomic mass is 9.99. The van der Waals surface area contributed by atoms with Crippen LogP contribution in [0.1, 0.15) is 44.2 Å². The Hall–Kier alpha value is -0.730. The predicted octanol–water partition coefficient (Wildman–Crippen LogP) is 4.26. The van der Waals surface area contributed by atoms with Crippen molar-refractivity contribution >= 4 is 17.8 Å². The summed E-state index contributed by atoms with van der Waals surface area (Å²) in [5, 5.41) is 0. The molecular weight excluding hydrogens is 238 g/mol. The minimum absolute atomic E-state index is 0.0587. The first-order chi connectivity index (χ1) is 8.54. The molecule has 1 aromatic carbocycles. The first kappa shape index (κ1) is 13.7. The number of thioether (sulfide) groups is 1. The van der Waals surface area contributed by atoms with E-state index in [0.717, 1.165) is 12.8 Å². The molecule has 0 bridgehead atoms. The average Bonchev–Trinajstić information content (AvgIpc) is 2.33. The van der Waals surface area contributed by atoms with E-state index in [2.05, 4.69) is 44.2 Å². The highest BCUT2D eigenvalue weighted by Gasteiger charge is 2.09. The summed E-state index contributed by atoms with van der Waals surface area (Å²) < 4.78 is 0. The molecule has 0 radical (unpaired) electrons. The van der Waals surface area contributed by atoms with Gasteiger partial charge in [0.25, 0.3) is 0 Å². The SMILES string of the molecule is CC(C)(N)CC/C=C/c1ccc2c(c1)CCCS2. The topological polar surface area (TPSA) is 26.0 Å². The summed E-state index contributed by atoms with van der Waals surface area (Å²) in [6.45, 7) is 4.16. The molecule has 18 heavy (non-hydrogen) atoms. The zero-order valence-corrected chi connectivity index (χ0v) is 12.2. The number of hydrogen-bond acceptors (Lipinski definition) is 2. The molecule has 0 spiro atoms. The third kappa shape index (κ3) is 4.18. The van der Waals surface area contributed by atoms with Crippen LogP contribution in [0.2, 0.25) is 0 Å². The van der Waals surface area contributed by atoms with Crippen LogP contribution in [0.5, 0.6) is 0 Å². The molecule has 0 atom stereocenters. The van der Waals surface area contributed by atoms with Crippen LogP contribution in [0.15, 0.2) is 29.2 Å². The summed E-state index contributed by atoms with van der Waals surface area (Å²) in [5.74, 6) is 1.27. The van der Waals surface area contributed by atoms with Crippen LogP contribution in [0, 0.1) is 0 Å². The smallest absolute Gasteiger partial charge is 0.0104 e. The largest absolute Gasteiger partial charge is 0.326 e. The molecule has 0 aromatic heterocycles. The first-order valence-electron chi connectivity index (χ1n) is 6.76. The molecule has 0 aliphatic carbocycles. The summed E-state index contributed by atoms with van der Waals surface area (Å²) >= 11 is 1.99. The van der Waals surface area contributed by atoms with Crippen molar-refractivity contribution in [1.82, 2.24) is 0 Å². The van der Waals surface area contributed by atoms with E-state index < -0.39 is 0 Å². The molecule has 1 aromatic rings. The van der Waals surface area contributed by atoms with Gasteiger partial charge in [-0.2, -0.15) is 0 Å². The lowest BCUT2D eigenvalue weighted by molar-refractivity contribution is 0.482. The van der Waals surface area contributed by atoms with Crippen LogP contribution < -0.4 is 5.73 Å². The van der Waals surface area contributed by atoms with Crippen molar-refractivity contribution in [1.29, 1.82) is 0 Å². The highest BCUT2D eigenvalue weighted by atomic mass is 32.2. The van der Waals surface area contributed by atoms with E-state index in [-0.39, 0.29) is 5.54 Å². The van der Waals surface area contributed by atoms with Crippen molar-refractivity contribution in [2.24, 2.45) is 5.73 Å². The van der Waals surface area contributed by atoms with Gasteiger partial charge in [-0.25, -0.2) is 0 Å². The van der Waals surface area contributed by atoms with Gasteiger partial charge in [0.2, 0.25) is 0 Å². The van der Waals surface area contributed by atoms with Crippen LogP contribution in [0.3, 0.4) is 0 Å². The Morgan fingerprint density at radius 1 is 1.39 bits per heavy atom. The second-order valence-electron chi connectivity index (χ2n) is 5.75. The van der Waals surface area contributed by atoms with Gasteiger partial charge in [-0.1, -0.05) is 24.3 Å². The fraction of sp³-hybridized carbons (Fsp3) is 0.500. The number of allylic oxidation sites excluding steroid dienone is 1. The minimum atomic E-state index is -0.0587. The Morgan fingerprint density at radius 2 is 2.22 bits per heavy atom. The van der Waals surface area contributed by atoms with Crippen molar-refractivity contribution in [3.05, 3.63) is 35.4 Å².